The minimum atomic E-state index is -0.578. The molecule has 34 heavy (non-hydrogen) atoms. The Morgan fingerprint density at radius 3 is 2.47 bits per heavy atom. The fraction of sp³-hybridized carbons (Fsp3) is 0.360. The van der Waals surface area contributed by atoms with Gasteiger partial charge in [-0.3, -0.25) is 23.5 Å². The van der Waals surface area contributed by atoms with Crippen molar-refractivity contribution < 1.29 is 14.3 Å². The van der Waals surface area contributed by atoms with E-state index in [2.05, 4.69) is 0 Å². The molecule has 4 rings (SSSR count). The molecule has 8 nitrogen and oxygen atoms in total. The molecule has 1 fully saturated rings. The highest BCUT2D eigenvalue weighted by Crippen LogP contribution is 2.25. The lowest BCUT2D eigenvalue weighted by Gasteiger charge is -2.16. The number of nitrogens with zero attached hydrogens (tertiary/aromatic N) is 3. The van der Waals surface area contributed by atoms with Gasteiger partial charge in [0.2, 0.25) is 5.91 Å². The Morgan fingerprint density at radius 1 is 1.03 bits per heavy atom. The highest BCUT2D eigenvalue weighted by Gasteiger charge is 2.19. The molecule has 1 aliphatic rings. The van der Waals surface area contributed by atoms with E-state index in [4.69, 9.17) is 16.3 Å². The first-order valence-corrected chi connectivity index (χ1v) is 11.7. The van der Waals surface area contributed by atoms with Crippen molar-refractivity contribution in [3.63, 3.8) is 0 Å². The van der Waals surface area contributed by atoms with Crippen LogP contribution in [0, 0.1) is 0 Å². The third-order valence-corrected chi connectivity index (χ3v) is 6.43. The summed E-state index contributed by atoms with van der Waals surface area (Å²) in [6.07, 6.45) is 2.65. The second-order valence-corrected chi connectivity index (χ2v) is 8.71. The smallest absolute Gasteiger partial charge is 0.331 e. The van der Waals surface area contributed by atoms with Crippen LogP contribution < -0.4 is 16.0 Å². The third-order valence-electron chi connectivity index (χ3n) is 6.14. The Bertz CT molecular complexity index is 1350. The second kappa shape index (κ2) is 10.3. The van der Waals surface area contributed by atoms with Gasteiger partial charge in [-0.15, -0.1) is 0 Å². The molecule has 2 heterocycles. The van der Waals surface area contributed by atoms with Crippen molar-refractivity contribution in [3.8, 4) is 5.75 Å². The second-order valence-electron chi connectivity index (χ2n) is 8.31. The number of ketones is 1. The Labute approximate surface area is 201 Å². The van der Waals surface area contributed by atoms with Crippen LogP contribution in [0.5, 0.6) is 5.75 Å². The number of fused-ring (bicyclic) bond motifs is 1. The summed E-state index contributed by atoms with van der Waals surface area (Å²) >= 11 is 6.16. The first kappa shape index (κ1) is 23.8. The molecule has 2 aromatic carbocycles. The SMILES string of the molecule is COc1ccc(C(=O)Cn2c(=O)n(CCCC(=O)N3CCCC3)c(=O)c3ccccc32)cc1Cl. The van der Waals surface area contributed by atoms with Crippen LogP contribution in [0.3, 0.4) is 0 Å². The number of amides is 1. The zero-order valence-electron chi connectivity index (χ0n) is 19.0. The number of hydrogen-bond acceptors (Lipinski definition) is 5. The number of para-hydroxylation sites is 1. The van der Waals surface area contributed by atoms with Gasteiger partial charge in [0.15, 0.2) is 5.78 Å². The molecule has 0 atom stereocenters. The van der Waals surface area contributed by atoms with E-state index in [9.17, 15) is 19.2 Å². The molecule has 1 aromatic heterocycles. The summed E-state index contributed by atoms with van der Waals surface area (Å²) in [6.45, 7) is 1.37. The number of ether oxygens (including phenoxy) is 1. The molecular formula is C25H26ClN3O5. The number of aromatic nitrogens is 2. The number of methoxy groups -OCH3 is 1. The van der Waals surface area contributed by atoms with Gasteiger partial charge in [0.05, 0.1) is 29.6 Å². The monoisotopic (exact) mass is 483 g/mol. The zero-order valence-corrected chi connectivity index (χ0v) is 19.7. The van der Waals surface area contributed by atoms with Crippen molar-refractivity contribution in [3.05, 3.63) is 73.9 Å². The van der Waals surface area contributed by atoms with E-state index in [1.165, 1.54) is 17.7 Å². The molecule has 0 bridgehead atoms. The van der Waals surface area contributed by atoms with Gasteiger partial charge in [-0.05, 0) is 49.6 Å². The number of Topliss-reactive ketones (excluding diaryl/α,β-unsaturated/α-hetero) is 1. The van der Waals surface area contributed by atoms with Crippen LogP contribution in [0.4, 0.5) is 0 Å². The number of carbonyl (C=O) groups is 2. The van der Waals surface area contributed by atoms with Crippen LogP contribution in [-0.4, -0.2) is 45.9 Å². The molecule has 178 valence electrons. The molecule has 0 aliphatic carbocycles. The molecular weight excluding hydrogens is 458 g/mol. The van der Waals surface area contributed by atoms with Gasteiger partial charge >= 0.3 is 5.69 Å². The summed E-state index contributed by atoms with van der Waals surface area (Å²) in [7, 11) is 1.48. The van der Waals surface area contributed by atoms with E-state index >= 15 is 0 Å². The van der Waals surface area contributed by atoms with Crippen LogP contribution in [0.2, 0.25) is 5.02 Å². The minimum absolute atomic E-state index is 0.0400. The van der Waals surface area contributed by atoms with E-state index < -0.39 is 11.2 Å². The molecule has 9 heteroatoms. The Morgan fingerprint density at radius 2 is 1.76 bits per heavy atom. The number of halogens is 1. The van der Waals surface area contributed by atoms with Crippen LogP contribution in [0.25, 0.3) is 10.9 Å². The molecule has 0 saturated carbocycles. The molecule has 1 saturated heterocycles. The average Bonchev–Trinajstić information content (AvgIpc) is 3.39. The quantitative estimate of drug-likeness (QED) is 0.459. The summed E-state index contributed by atoms with van der Waals surface area (Å²) in [6, 6.07) is 11.4. The van der Waals surface area contributed by atoms with Crippen molar-refractivity contribution in [2.45, 2.75) is 38.8 Å². The maximum absolute atomic E-state index is 13.3. The minimum Gasteiger partial charge on any atom is -0.495 e. The van der Waals surface area contributed by atoms with Crippen molar-refractivity contribution in [1.29, 1.82) is 0 Å². The number of benzene rings is 2. The molecule has 3 aromatic rings. The summed E-state index contributed by atoms with van der Waals surface area (Å²) in [5.41, 5.74) is -0.290. The van der Waals surface area contributed by atoms with Crippen LogP contribution >= 0.6 is 11.6 Å². The fourth-order valence-corrected chi connectivity index (χ4v) is 4.57. The topological polar surface area (TPSA) is 90.6 Å². The Balaban J connectivity index is 1.63. The van der Waals surface area contributed by atoms with Crippen LogP contribution in [0.15, 0.2) is 52.1 Å². The highest BCUT2D eigenvalue weighted by atomic mass is 35.5. The molecule has 0 spiro atoms. The summed E-state index contributed by atoms with van der Waals surface area (Å²) in [5, 5.41) is 0.631. The first-order valence-electron chi connectivity index (χ1n) is 11.3. The Kier molecular flexibility index (Phi) is 7.17. The lowest BCUT2D eigenvalue weighted by Crippen LogP contribution is -2.41. The number of hydrogen-bond donors (Lipinski definition) is 0. The largest absolute Gasteiger partial charge is 0.495 e. The van der Waals surface area contributed by atoms with E-state index in [1.807, 2.05) is 4.90 Å². The third kappa shape index (κ3) is 4.77. The van der Waals surface area contributed by atoms with E-state index in [1.54, 1.807) is 36.4 Å². The van der Waals surface area contributed by atoms with Gasteiger partial charge in [0.25, 0.3) is 5.56 Å². The van der Waals surface area contributed by atoms with Crippen molar-refractivity contribution in [1.82, 2.24) is 14.0 Å². The average molecular weight is 484 g/mol. The Hall–Kier alpha value is -3.39. The number of carbonyl (C=O) groups excluding carboxylic acids is 2. The molecule has 0 unspecified atom stereocenters. The van der Waals surface area contributed by atoms with Crippen LogP contribution in [0.1, 0.15) is 36.0 Å². The van der Waals surface area contributed by atoms with Gasteiger partial charge < -0.3 is 9.64 Å². The van der Waals surface area contributed by atoms with E-state index in [0.717, 1.165) is 30.5 Å². The number of likely N-dealkylation sites (tertiary alicyclic amines) is 1. The molecule has 0 N–H and O–H groups in total. The predicted molar refractivity (Wildman–Crippen MR) is 130 cm³/mol. The molecule has 1 aliphatic heterocycles. The number of rotatable bonds is 8. The van der Waals surface area contributed by atoms with Gasteiger partial charge in [0, 0.05) is 31.6 Å². The maximum Gasteiger partial charge on any atom is 0.331 e. The predicted octanol–water partition coefficient (Wildman–Crippen LogP) is 3.11. The van der Waals surface area contributed by atoms with Crippen molar-refractivity contribution >= 4 is 34.2 Å². The first-order chi connectivity index (χ1) is 16.4. The van der Waals surface area contributed by atoms with Gasteiger partial charge in [-0.1, -0.05) is 23.7 Å². The summed E-state index contributed by atoms with van der Waals surface area (Å²) in [5.74, 6) is 0.155. The fourth-order valence-electron chi connectivity index (χ4n) is 4.31. The maximum atomic E-state index is 13.3. The van der Waals surface area contributed by atoms with Crippen molar-refractivity contribution in [2.75, 3.05) is 20.2 Å². The van der Waals surface area contributed by atoms with Gasteiger partial charge in [0.1, 0.15) is 5.75 Å². The lowest BCUT2D eigenvalue weighted by atomic mass is 10.1. The van der Waals surface area contributed by atoms with Gasteiger partial charge in [-0.25, -0.2) is 4.79 Å². The lowest BCUT2D eigenvalue weighted by molar-refractivity contribution is -0.130. The van der Waals surface area contributed by atoms with E-state index in [0.29, 0.717) is 28.6 Å². The van der Waals surface area contributed by atoms with Crippen molar-refractivity contribution in [2.24, 2.45) is 0 Å². The van der Waals surface area contributed by atoms with E-state index in [-0.39, 0.29) is 36.2 Å². The molecule has 0 radical (unpaired) electrons. The summed E-state index contributed by atoms with van der Waals surface area (Å²) < 4.78 is 7.55. The highest BCUT2D eigenvalue weighted by molar-refractivity contribution is 6.32. The summed E-state index contributed by atoms with van der Waals surface area (Å²) in [4.78, 5) is 53.5. The normalized spacial score (nSPS) is 13.4. The standard InChI is InChI=1S/C25H26ClN3O5/c1-34-22-11-10-17(15-19(22)26)21(30)16-29-20-8-3-2-7-18(20)24(32)28(25(29)33)14-6-9-23(31)27-12-4-5-13-27/h2-3,7-8,10-11,15H,4-6,9,12-14,16H2,1H3. The van der Waals surface area contributed by atoms with Crippen LogP contribution in [-0.2, 0) is 17.9 Å². The van der Waals surface area contributed by atoms with Gasteiger partial charge in [-0.2, -0.15) is 0 Å². The molecule has 1 amide bonds. The zero-order chi connectivity index (χ0) is 24.2.